The lowest BCUT2D eigenvalue weighted by Crippen LogP contribution is -2.34. The van der Waals surface area contributed by atoms with E-state index in [-0.39, 0.29) is 5.82 Å². The Morgan fingerprint density at radius 3 is 2.67 bits per heavy atom. The van der Waals surface area contributed by atoms with Gasteiger partial charge in [0.15, 0.2) is 0 Å². The summed E-state index contributed by atoms with van der Waals surface area (Å²) in [6, 6.07) is 4.86. The summed E-state index contributed by atoms with van der Waals surface area (Å²) in [4.78, 5) is 0. The molecule has 0 spiro atoms. The number of aliphatic hydroxyl groups is 1. The first-order valence-electron chi connectivity index (χ1n) is 5.19. The van der Waals surface area contributed by atoms with Crippen LogP contribution in [-0.2, 0) is 10.3 Å². The average Bonchev–Trinajstić information content (AvgIpc) is 2.23. The van der Waals surface area contributed by atoms with E-state index < -0.39 is 5.60 Å². The molecule has 0 radical (unpaired) electrons. The van der Waals surface area contributed by atoms with E-state index in [1.807, 2.05) is 0 Å². The van der Waals surface area contributed by atoms with E-state index in [1.165, 1.54) is 6.07 Å². The van der Waals surface area contributed by atoms with Gasteiger partial charge in [-0.2, -0.15) is 0 Å². The van der Waals surface area contributed by atoms with Gasteiger partial charge in [0.1, 0.15) is 5.82 Å². The Bertz CT molecular complexity index is 357. The summed E-state index contributed by atoms with van der Waals surface area (Å²) in [5, 5.41) is 10.4. The predicted molar refractivity (Wildman–Crippen MR) is 55.1 cm³/mol. The van der Waals surface area contributed by atoms with Crippen LogP contribution in [0.5, 0.6) is 0 Å². The Morgan fingerprint density at radius 2 is 2.00 bits per heavy atom. The molecule has 15 heavy (non-hydrogen) atoms. The van der Waals surface area contributed by atoms with Crippen LogP contribution in [0.25, 0.3) is 0 Å². The molecular formula is C12H15FO2. The van der Waals surface area contributed by atoms with Crippen molar-refractivity contribution in [1.82, 2.24) is 0 Å². The molecule has 1 aliphatic rings. The van der Waals surface area contributed by atoms with Gasteiger partial charge >= 0.3 is 0 Å². The first kappa shape index (κ1) is 10.6. The summed E-state index contributed by atoms with van der Waals surface area (Å²) in [6.07, 6.45) is 1.08. The molecule has 0 aliphatic carbocycles. The van der Waals surface area contributed by atoms with Gasteiger partial charge in [0.2, 0.25) is 0 Å². The van der Waals surface area contributed by atoms with Crippen molar-refractivity contribution in [3.05, 3.63) is 35.1 Å². The maximum Gasteiger partial charge on any atom is 0.126 e. The molecular weight excluding hydrogens is 195 g/mol. The van der Waals surface area contributed by atoms with Gasteiger partial charge in [-0.05, 0) is 24.1 Å². The van der Waals surface area contributed by atoms with Crippen LogP contribution in [0.3, 0.4) is 0 Å². The first-order chi connectivity index (χ1) is 7.13. The zero-order chi connectivity index (χ0) is 10.9. The molecule has 2 rings (SSSR count). The fourth-order valence-electron chi connectivity index (χ4n) is 2.09. The van der Waals surface area contributed by atoms with Crippen molar-refractivity contribution in [1.29, 1.82) is 0 Å². The maximum atomic E-state index is 13.4. The van der Waals surface area contributed by atoms with Crippen LogP contribution in [0.15, 0.2) is 18.2 Å². The maximum absolute atomic E-state index is 13.4. The van der Waals surface area contributed by atoms with Crippen molar-refractivity contribution in [3.8, 4) is 0 Å². The summed E-state index contributed by atoms with van der Waals surface area (Å²) in [5.41, 5.74) is 0.331. The fraction of sp³-hybridized carbons (Fsp3) is 0.500. The Balaban J connectivity index is 2.39. The van der Waals surface area contributed by atoms with Crippen LogP contribution in [0, 0.1) is 12.7 Å². The number of halogens is 1. The van der Waals surface area contributed by atoms with Gasteiger partial charge in [-0.15, -0.1) is 0 Å². The largest absolute Gasteiger partial charge is 0.385 e. The van der Waals surface area contributed by atoms with Crippen molar-refractivity contribution in [2.45, 2.75) is 25.4 Å². The van der Waals surface area contributed by atoms with Crippen molar-refractivity contribution in [3.63, 3.8) is 0 Å². The minimum absolute atomic E-state index is 0.257. The summed E-state index contributed by atoms with van der Waals surface area (Å²) >= 11 is 0. The van der Waals surface area contributed by atoms with Crippen LogP contribution in [0.1, 0.15) is 24.0 Å². The quantitative estimate of drug-likeness (QED) is 0.769. The molecule has 1 aromatic carbocycles. The van der Waals surface area contributed by atoms with Crippen LogP contribution < -0.4 is 0 Å². The fourth-order valence-corrected chi connectivity index (χ4v) is 2.09. The standard InChI is InChI=1S/C12H15FO2/c1-9-10(3-2-4-11(9)13)12(14)5-7-15-8-6-12/h2-4,14H,5-8H2,1H3. The van der Waals surface area contributed by atoms with E-state index in [0.29, 0.717) is 37.2 Å². The van der Waals surface area contributed by atoms with Crippen molar-refractivity contribution in [2.24, 2.45) is 0 Å². The van der Waals surface area contributed by atoms with Crippen LogP contribution in [0.2, 0.25) is 0 Å². The number of ether oxygens (including phenoxy) is 1. The molecule has 0 atom stereocenters. The smallest absolute Gasteiger partial charge is 0.126 e. The lowest BCUT2D eigenvalue weighted by molar-refractivity contribution is -0.0684. The number of hydrogen-bond donors (Lipinski definition) is 1. The van der Waals surface area contributed by atoms with Gasteiger partial charge in [0.05, 0.1) is 5.60 Å². The molecule has 1 heterocycles. The van der Waals surface area contributed by atoms with E-state index in [1.54, 1.807) is 19.1 Å². The van der Waals surface area contributed by atoms with Gasteiger partial charge in [0, 0.05) is 26.1 Å². The highest BCUT2D eigenvalue weighted by molar-refractivity contribution is 5.32. The molecule has 0 unspecified atom stereocenters. The van der Waals surface area contributed by atoms with E-state index >= 15 is 0 Å². The van der Waals surface area contributed by atoms with E-state index in [2.05, 4.69) is 0 Å². The molecule has 1 aliphatic heterocycles. The second-order valence-corrected chi connectivity index (χ2v) is 4.06. The Labute approximate surface area is 88.7 Å². The average molecular weight is 210 g/mol. The second kappa shape index (κ2) is 3.91. The van der Waals surface area contributed by atoms with Gasteiger partial charge in [-0.25, -0.2) is 4.39 Å². The molecule has 0 bridgehead atoms. The van der Waals surface area contributed by atoms with Gasteiger partial charge in [-0.1, -0.05) is 12.1 Å². The lowest BCUT2D eigenvalue weighted by atomic mass is 9.84. The number of benzene rings is 1. The van der Waals surface area contributed by atoms with E-state index in [0.717, 1.165) is 0 Å². The highest BCUT2D eigenvalue weighted by atomic mass is 19.1. The SMILES string of the molecule is Cc1c(F)cccc1C1(O)CCOCC1. The lowest BCUT2D eigenvalue weighted by Gasteiger charge is -2.33. The molecule has 1 saturated heterocycles. The highest BCUT2D eigenvalue weighted by Gasteiger charge is 2.33. The zero-order valence-electron chi connectivity index (χ0n) is 8.79. The van der Waals surface area contributed by atoms with Gasteiger partial charge in [0.25, 0.3) is 0 Å². The zero-order valence-corrected chi connectivity index (χ0v) is 8.79. The predicted octanol–water partition coefficient (Wildman–Crippen LogP) is 2.13. The van der Waals surface area contributed by atoms with Crippen molar-refractivity contribution >= 4 is 0 Å². The monoisotopic (exact) mass is 210 g/mol. The third kappa shape index (κ3) is 1.90. The molecule has 1 N–H and O–H groups in total. The normalized spacial score (nSPS) is 20.2. The highest BCUT2D eigenvalue weighted by Crippen LogP contribution is 2.34. The van der Waals surface area contributed by atoms with Crippen LogP contribution in [-0.4, -0.2) is 18.3 Å². The van der Waals surface area contributed by atoms with Gasteiger partial charge < -0.3 is 9.84 Å². The molecule has 82 valence electrons. The molecule has 2 nitrogen and oxygen atoms in total. The van der Waals surface area contributed by atoms with Crippen molar-refractivity contribution in [2.75, 3.05) is 13.2 Å². The Kier molecular flexibility index (Phi) is 2.76. The molecule has 0 aromatic heterocycles. The van der Waals surface area contributed by atoms with E-state index in [9.17, 15) is 9.50 Å². The second-order valence-electron chi connectivity index (χ2n) is 4.06. The number of hydrogen-bond acceptors (Lipinski definition) is 2. The molecule has 0 amide bonds. The molecule has 3 heteroatoms. The first-order valence-corrected chi connectivity index (χ1v) is 5.19. The Morgan fingerprint density at radius 1 is 1.33 bits per heavy atom. The molecule has 1 fully saturated rings. The van der Waals surface area contributed by atoms with Crippen molar-refractivity contribution < 1.29 is 14.2 Å². The Hall–Kier alpha value is -0.930. The molecule has 1 aromatic rings. The third-order valence-electron chi connectivity index (χ3n) is 3.09. The summed E-state index contributed by atoms with van der Waals surface area (Å²) in [6.45, 7) is 2.77. The van der Waals surface area contributed by atoms with Crippen LogP contribution in [0.4, 0.5) is 4.39 Å². The number of rotatable bonds is 1. The minimum Gasteiger partial charge on any atom is -0.385 e. The summed E-state index contributed by atoms with van der Waals surface area (Å²) in [7, 11) is 0. The minimum atomic E-state index is -0.912. The van der Waals surface area contributed by atoms with Gasteiger partial charge in [-0.3, -0.25) is 0 Å². The van der Waals surface area contributed by atoms with E-state index in [4.69, 9.17) is 4.74 Å². The molecule has 0 saturated carbocycles. The summed E-state index contributed by atoms with van der Waals surface area (Å²) < 4.78 is 18.6. The topological polar surface area (TPSA) is 29.5 Å². The van der Waals surface area contributed by atoms with Crippen LogP contribution >= 0.6 is 0 Å². The third-order valence-corrected chi connectivity index (χ3v) is 3.09. The summed E-state index contributed by atoms with van der Waals surface area (Å²) in [5.74, 6) is -0.257.